The Bertz CT molecular complexity index is 265. The van der Waals surface area contributed by atoms with Gasteiger partial charge in [-0.1, -0.05) is 38.7 Å². The van der Waals surface area contributed by atoms with Crippen molar-refractivity contribution in [1.82, 2.24) is 0 Å². The molecule has 2 nitrogen and oxygen atoms in total. The summed E-state index contributed by atoms with van der Waals surface area (Å²) in [4.78, 5) is 11.4. The van der Waals surface area contributed by atoms with E-state index in [-0.39, 0.29) is 5.22 Å². The predicted octanol–water partition coefficient (Wildman–Crippen LogP) is 3.77. The monoisotopic (exact) mass is 228 g/mol. The molecule has 0 atom stereocenters. The van der Waals surface area contributed by atoms with Crippen LogP contribution in [0, 0.1) is 5.92 Å². The zero-order valence-corrected chi connectivity index (χ0v) is 9.68. The fourth-order valence-corrected chi connectivity index (χ4v) is 2.07. The van der Waals surface area contributed by atoms with Crippen LogP contribution in [0.3, 0.4) is 0 Å². The van der Waals surface area contributed by atoms with Crippen molar-refractivity contribution in [1.29, 1.82) is 0 Å². The van der Waals surface area contributed by atoms with E-state index in [1.807, 2.05) is 0 Å². The summed E-state index contributed by atoms with van der Waals surface area (Å²) in [5, 5.41) is -0.0928. The van der Waals surface area contributed by atoms with E-state index >= 15 is 0 Å². The highest BCUT2D eigenvalue weighted by Crippen LogP contribution is 2.28. The van der Waals surface area contributed by atoms with Gasteiger partial charge < -0.3 is 4.74 Å². The maximum absolute atomic E-state index is 11.4. The maximum Gasteiger partial charge on any atom is 0.339 e. The molecule has 3 heteroatoms. The molecule has 1 fully saturated rings. The average molecular weight is 229 g/mol. The summed E-state index contributed by atoms with van der Waals surface area (Å²) in [6.07, 6.45) is 6.93. The maximum atomic E-state index is 11.4. The summed E-state index contributed by atoms with van der Waals surface area (Å²) in [6, 6.07) is 0. The first-order chi connectivity index (χ1) is 7.09. The molecule has 0 aromatic heterocycles. The van der Waals surface area contributed by atoms with Crippen molar-refractivity contribution in [2.75, 3.05) is 0 Å². The number of hydrogen-bond donors (Lipinski definition) is 0. The Kier molecular flexibility index (Phi) is 4.89. The molecule has 1 rings (SSSR count). The van der Waals surface area contributed by atoms with Crippen molar-refractivity contribution < 1.29 is 9.53 Å². The molecule has 0 aromatic carbocycles. The second kappa shape index (κ2) is 5.96. The molecule has 0 heterocycles. The van der Waals surface area contributed by atoms with E-state index in [0.29, 0.717) is 11.5 Å². The SMILES string of the molecule is C=C(Cl)OC(=O)C(=C)CC1CCCCC1. The minimum absolute atomic E-state index is 0.0928. The van der Waals surface area contributed by atoms with Crippen LogP contribution in [0.15, 0.2) is 23.9 Å². The first-order valence-corrected chi connectivity index (χ1v) is 5.71. The second-order valence-corrected chi connectivity index (χ2v) is 4.48. The van der Waals surface area contributed by atoms with Gasteiger partial charge in [-0.3, -0.25) is 0 Å². The van der Waals surface area contributed by atoms with Gasteiger partial charge in [0.1, 0.15) is 0 Å². The van der Waals surface area contributed by atoms with Crippen LogP contribution in [0.25, 0.3) is 0 Å². The second-order valence-electron chi connectivity index (χ2n) is 4.06. The molecule has 1 aliphatic rings. The molecular weight excluding hydrogens is 212 g/mol. The minimum atomic E-state index is -0.444. The summed E-state index contributed by atoms with van der Waals surface area (Å²) in [5.41, 5.74) is 0.503. The van der Waals surface area contributed by atoms with Crippen LogP contribution in [0.1, 0.15) is 38.5 Å². The Balaban J connectivity index is 2.33. The largest absolute Gasteiger partial charge is 0.411 e. The van der Waals surface area contributed by atoms with E-state index in [0.717, 1.165) is 6.42 Å². The summed E-state index contributed by atoms with van der Waals surface area (Å²) in [7, 11) is 0. The lowest BCUT2D eigenvalue weighted by atomic mass is 9.85. The van der Waals surface area contributed by atoms with Gasteiger partial charge in [-0.15, -0.1) is 0 Å². The highest BCUT2D eigenvalue weighted by Gasteiger charge is 2.18. The molecule has 0 unspecified atom stereocenters. The fourth-order valence-electron chi connectivity index (χ4n) is 2.00. The number of rotatable bonds is 4. The van der Waals surface area contributed by atoms with Crippen LogP contribution < -0.4 is 0 Å². The standard InChI is InChI=1S/C12H17ClO2/c1-9(12(14)15-10(2)13)8-11-6-4-3-5-7-11/h11H,1-8H2. The Morgan fingerprint density at radius 1 is 1.27 bits per heavy atom. The van der Waals surface area contributed by atoms with Gasteiger partial charge in [0.05, 0.1) is 0 Å². The molecular formula is C12H17ClO2. The fraction of sp³-hybridized carbons (Fsp3) is 0.583. The molecule has 0 N–H and O–H groups in total. The first-order valence-electron chi connectivity index (χ1n) is 5.34. The van der Waals surface area contributed by atoms with Gasteiger partial charge in [0.15, 0.2) is 5.22 Å². The lowest BCUT2D eigenvalue weighted by molar-refractivity contribution is -0.134. The zero-order valence-electron chi connectivity index (χ0n) is 8.93. The molecule has 1 aliphatic carbocycles. The molecule has 0 saturated heterocycles. The minimum Gasteiger partial charge on any atom is -0.411 e. The predicted molar refractivity (Wildman–Crippen MR) is 61.4 cm³/mol. The molecule has 0 aromatic rings. The molecule has 0 bridgehead atoms. The Hall–Kier alpha value is -0.760. The number of halogens is 1. The average Bonchev–Trinajstić information content (AvgIpc) is 2.18. The summed E-state index contributed by atoms with van der Waals surface area (Å²) in [5.74, 6) is 0.142. The van der Waals surface area contributed by atoms with Crippen LogP contribution in [-0.2, 0) is 9.53 Å². The van der Waals surface area contributed by atoms with Crippen LogP contribution in [-0.4, -0.2) is 5.97 Å². The molecule has 0 aliphatic heterocycles. The van der Waals surface area contributed by atoms with E-state index in [9.17, 15) is 4.79 Å². The molecule has 0 spiro atoms. The van der Waals surface area contributed by atoms with Gasteiger partial charge in [-0.05, 0) is 30.5 Å². The topological polar surface area (TPSA) is 26.3 Å². The van der Waals surface area contributed by atoms with E-state index in [1.54, 1.807) is 0 Å². The molecule has 15 heavy (non-hydrogen) atoms. The van der Waals surface area contributed by atoms with Crippen LogP contribution >= 0.6 is 11.6 Å². The van der Waals surface area contributed by atoms with Crippen molar-refractivity contribution in [3.05, 3.63) is 23.9 Å². The van der Waals surface area contributed by atoms with Crippen molar-refractivity contribution >= 4 is 17.6 Å². The Labute approximate surface area is 95.9 Å². The van der Waals surface area contributed by atoms with Crippen molar-refractivity contribution in [2.45, 2.75) is 38.5 Å². The molecule has 1 saturated carbocycles. The molecule has 84 valence electrons. The molecule has 0 radical (unpaired) electrons. The number of esters is 1. The Morgan fingerprint density at radius 3 is 2.40 bits per heavy atom. The molecule has 0 amide bonds. The number of carbonyl (C=O) groups excluding carboxylic acids is 1. The van der Waals surface area contributed by atoms with Gasteiger partial charge in [-0.2, -0.15) is 0 Å². The lowest BCUT2D eigenvalue weighted by Crippen LogP contribution is -2.12. The lowest BCUT2D eigenvalue weighted by Gasteiger charge is -2.21. The highest BCUT2D eigenvalue weighted by atomic mass is 35.5. The smallest absolute Gasteiger partial charge is 0.339 e. The number of hydrogen-bond acceptors (Lipinski definition) is 2. The van der Waals surface area contributed by atoms with E-state index in [2.05, 4.69) is 17.9 Å². The Morgan fingerprint density at radius 2 is 1.87 bits per heavy atom. The van der Waals surface area contributed by atoms with Gasteiger partial charge in [-0.25, -0.2) is 4.79 Å². The number of carbonyl (C=O) groups is 1. The highest BCUT2D eigenvalue weighted by molar-refractivity contribution is 6.28. The van der Waals surface area contributed by atoms with Crippen LogP contribution in [0.4, 0.5) is 0 Å². The quantitative estimate of drug-likeness (QED) is 0.416. The van der Waals surface area contributed by atoms with Crippen molar-refractivity contribution in [3.8, 4) is 0 Å². The first kappa shape index (κ1) is 12.3. The summed E-state index contributed by atoms with van der Waals surface area (Å²) >= 11 is 5.38. The zero-order chi connectivity index (χ0) is 11.3. The van der Waals surface area contributed by atoms with E-state index < -0.39 is 5.97 Å². The third-order valence-electron chi connectivity index (χ3n) is 2.75. The number of ether oxygens (including phenoxy) is 1. The van der Waals surface area contributed by atoms with Gasteiger partial charge in [0, 0.05) is 5.57 Å². The van der Waals surface area contributed by atoms with Crippen LogP contribution in [0.2, 0.25) is 0 Å². The van der Waals surface area contributed by atoms with Crippen molar-refractivity contribution in [2.24, 2.45) is 5.92 Å². The van der Waals surface area contributed by atoms with Gasteiger partial charge in [0.2, 0.25) is 0 Å². The summed E-state index contributed by atoms with van der Waals surface area (Å²) < 4.78 is 4.69. The normalized spacial score (nSPS) is 17.1. The third-order valence-corrected chi connectivity index (χ3v) is 2.83. The van der Waals surface area contributed by atoms with Crippen LogP contribution in [0.5, 0.6) is 0 Å². The van der Waals surface area contributed by atoms with Gasteiger partial charge >= 0.3 is 5.97 Å². The summed E-state index contributed by atoms with van der Waals surface area (Å²) in [6.45, 7) is 7.03. The van der Waals surface area contributed by atoms with Gasteiger partial charge in [0.25, 0.3) is 0 Å². The van der Waals surface area contributed by atoms with Crippen molar-refractivity contribution in [3.63, 3.8) is 0 Å². The third kappa shape index (κ3) is 4.52. The van der Waals surface area contributed by atoms with E-state index in [1.165, 1.54) is 32.1 Å². The van der Waals surface area contributed by atoms with E-state index in [4.69, 9.17) is 11.6 Å².